The van der Waals surface area contributed by atoms with Gasteiger partial charge in [-0.3, -0.25) is 0 Å². The van der Waals surface area contributed by atoms with E-state index in [1.54, 1.807) is 0 Å². The molecule has 1 aliphatic rings. The van der Waals surface area contributed by atoms with Crippen LogP contribution >= 0.6 is 0 Å². The zero-order valence-corrected chi connectivity index (χ0v) is 11.5. The molecule has 0 spiro atoms. The van der Waals surface area contributed by atoms with E-state index in [0.29, 0.717) is 0 Å². The Labute approximate surface area is 105 Å². The summed E-state index contributed by atoms with van der Waals surface area (Å²) >= 11 is 0. The summed E-state index contributed by atoms with van der Waals surface area (Å²) in [5, 5.41) is 9.79. The van der Waals surface area contributed by atoms with Crippen molar-refractivity contribution in [1.82, 2.24) is 0 Å². The Morgan fingerprint density at radius 2 is 1.71 bits per heavy atom. The van der Waals surface area contributed by atoms with Crippen LogP contribution in [0.3, 0.4) is 0 Å². The van der Waals surface area contributed by atoms with Gasteiger partial charge in [-0.15, -0.1) is 0 Å². The summed E-state index contributed by atoms with van der Waals surface area (Å²) in [4.78, 5) is 0. The maximum absolute atomic E-state index is 9.79. The van der Waals surface area contributed by atoms with Crippen molar-refractivity contribution in [2.24, 2.45) is 5.92 Å². The molecule has 4 unspecified atom stereocenters. The molecule has 1 heterocycles. The van der Waals surface area contributed by atoms with Gasteiger partial charge in [0.2, 0.25) is 0 Å². The second-order valence-electron chi connectivity index (χ2n) is 5.10. The van der Waals surface area contributed by atoms with Crippen molar-refractivity contribution in [3.63, 3.8) is 0 Å². The molecular weight excluding hydrogens is 216 g/mol. The van der Waals surface area contributed by atoms with Gasteiger partial charge in [0.15, 0.2) is 12.6 Å². The minimum atomic E-state index is -0.658. The summed E-state index contributed by atoms with van der Waals surface area (Å²) in [5.41, 5.74) is 0. The molecule has 102 valence electrons. The maximum atomic E-state index is 9.79. The predicted octanol–water partition coefficient (Wildman–Crippen LogP) is 3.45. The van der Waals surface area contributed by atoms with Crippen molar-refractivity contribution in [2.45, 2.75) is 84.4 Å². The number of aliphatic hydroxyl groups is 1. The quantitative estimate of drug-likeness (QED) is 0.697. The molecule has 1 N–H and O–H groups in total. The molecule has 0 aromatic rings. The molecule has 1 fully saturated rings. The largest absolute Gasteiger partial charge is 0.368 e. The van der Waals surface area contributed by atoms with E-state index >= 15 is 0 Å². The highest BCUT2D eigenvalue weighted by atomic mass is 16.7. The van der Waals surface area contributed by atoms with Crippen LogP contribution in [0.5, 0.6) is 0 Å². The van der Waals surface area contributed by atoms with Gasteiger partial charge in [0.05, 0.1) is 6.10 Å². The van der Waals surface area contributed by atoms with Crippen molar-refractivity contribution in [3.8, 4) is 0 Å². The summed E-state index contributed by atoms with van der Waals surface area (Å²) in [6.07, 6.45) is 7.36. The van der Waals surface area contributed by atoms with Gasteiger partial charge in [-0.25, -0.2) is 0 Å². The zero-order chi connectivity index (χ0) is 12.7. The van der Waals surface area contributed by atoms with Crippen molar-refractivity contribution in [3.05, 3.63) is 0 Å². The average molecular weight is 244 g/mol. The van der Waals surface area contributed by atoms with Crippen LogP contribution in [0.15, 0.2) is 0 Å². The molecule has 0 aromatic carbocycles. The first-order valence-electron chi connectivity index (χ1n) is 7.18. The van der Waals surface area contributed by atoms with Gasteiger partial charge in [0.1, 0.15) is 0 Å². The molecule has 0 bridgehead atoms. The summed E-state index contributed by atoms with van der Waals surface area (Å²) in [6, 6.07) is 0. The van der Waals surface area contributed by atoms with Gasteiger partial charge < -0.3 is 14.6 Å². The highest BCUT2D eigenvalue weighted by molar-refractivity contribution is 4.72. The fraction of sp³-hybridized carbons (Fsp3) is 1.00. The zero-order valence-electron chi connectivity index (χ0n) is 11.5. The molecule has 1 aliphatic heterocycles. The van der Waals surface area contributed by atoms with E-state index in [1.807, 2.05) is 6.92 Å². The van der Waals surface area contributed by atoms with E-state index in [9.17, 15) is 5.11 Å². The lowest BCUT2D eigenvalue weighted by Crippen LogP contribution is -2.44. The van der Waals surface area contributed by atoms with Gasteiger partial charge in [0, 0.05) is 5.92 Å². The Morgan fingerprint density at radius 3 is 2.35 bits per heavy atom. The van der Waals surface area contributed by atoms with Gasteiger partial charge in [-0.1, -0.05) is 46.5 Å². The lowest BCUT2D eigenvalue weighted by molar-refractivity contribution is -0.319. The summed E-state index contributed by atoms with van der Waals surface area (Å²) in [5.74, 6) is 0.0799. The lowest BCUT2D eigenvalue weighted by Gasteiger charge is -2.38. The van der Waals surface area contributed by atoms with Crippen molar-refractivity contribution < 1.29 is 14.6 Å². The van der Waals surface area contributed by atoms with Crippen LogP contribution < -0.4 is 0 Å². The van der Waals surface area contributed by atoms with Crippen LogP contribution in [0, 0.1) is 5.92 Å². The third-order valence-corrected chi connectivity index (χ3v) is 3.60. The Kier molecular flexibility index (Phi) is 7.09. The van der Waals surface area contributed by atoms with E-state index in [1.165, 1.54) is 25.7 Å². The third-order valence-electron chi connectivity index (χ3n) is 3.60. The average Bonchev–Trinajstić information content (AvgIpc) is 2.33. The Bertz CT molecular complexity index is 196. The molecule has 4 atom stereocenters. The number of hydrogen-bond donors (Lipinski definition) is 1. The topological polar surface area (TPSA) is 38.7 Å². The van der Waals surface area contributed by atoms with Crippen molar-refractivity contribution >= 4 is 0 Å². The van der Waals surface area contributed by atoms with Gasteiger partial charge in [-0.05, 0) is 19.3 Å². The second kappa shape index (κ2) is 8.06. The summed E-state index contributed by atoms with van der Waals surface area (Å²) < 4.78 is 11.3. The summed E-state index contributed by atoms with van der Waals surface area (Å²) in [6.45, 7) is 6.30. The van der Waals surface area contributed by atoms with Crippen LogP contribution in [0.1, 0.15) is 65.7 Å². The van der Waals surface area contributed by atoms with Crippen molar-refractivity contribution in [1.29, 1.82) is 0 Å². The minimum Gasteiger partial charge on any atom is -0.368 e. The van der Waals surface area contributed by atoms with E-state index in [-0.39, 0.29) is 18.3 Å². The molecule has 0 aromatic heterocycles. The van der Waals surface area contributed by atoms with Crippen LogP contribution in [0.2, 0.25) is 0 Å². The molecular formula is C14H28O3. The Hall–Kier alpha value is -0.120. The van der Waals surface area contributed by atoms with Gasteiger partial charge in [0.25, 0.3) is 0 Å². The van der Waals surface area contributed by atoms with Crippen LogP contribution in [-0.4, -0.2) is 23.8 Å². The number of unbranched alkanes of at least 4 members (excludes halogenated alkanes) is 4. The summed E-state index contributed by atoms with van der Waals surface area (Å²) in [7, 11) is 0. The van der Waals surface area contributed by atoms with Crippen LogP contribution in [0.4, 0.5) is 0 Å². The standard InChI is InChI=1S/C14H28O3/c1-4-6-7-8-9-10-13-16-12(5-2)11(3)14(15)17-13/h11-15H,4-10H2,1-3H3. The Balaban J connectivity index is 2.20. The van der Waals surface area contributed by atoms with E-state index in [2.05, 4.69) is 13.8 Å². The van der Waals surface area contributed by atoms with Gasteiger partial charge >= 0.3 is 0 Å². The normalized spacial score (nSPS) is 33.9. The SMILES string of the molecule is CCCCCCCC1OC(O)C(C)C(CC)O1. The third kappa shape index (κ3) is 4.94. The molecule has 0 radical (unpaired) electrons. The number of hydrogen-bond acceptors (Lipinski definition) is 3. The highest BCUT2D eigenvalue weighted by Crippen LogP contribution is 2.27. The lowest BCUT2D eigenvalue weighted by atomic mass is 10.0. The first-order valence-corrected chi connectivity index (χ1v) is 7.18. The van der Waals surface area contributed by atoms with E-state index < -0.39 is 6.29 Å². The molecule has 0 amide bonds. The highest BCUT2D eigenvalue weighted by Gasteiger charge is 2.34. The second-order valence-corrected chi connectivity index (χ2v) is 5.10. The first-order chi connectivity index (χ1) is 8.19. The smallest absolute Gasteiger partial charge is 0.162 e. The van der Waals surface area contributed by atoms with Crippen LogP contribution in [-0.2, 0) is 9.47 Å². The molecule has 3 nitrogen and oxygen atoms in total. The molecule has 17 heavy (non-hydrogen) atoms. The predicted molar refractivity (Wildman–Crippen MR) is 68.6 cm³/mol. The molecule has 3 heteroatoms. The first kappa shape index (κ1) is 14.9. The fourth-order valence-electron chi connectivity index (χ4n) is 2.33. The molecule has 0 saturated carbocycles. The maximum Gasteiger partial charge on any atom is 0.162 e. The molecule has 1 saturated heterocycles. The van der Waals surface area contributed by atoms with E-state index in [0.717, 1.165) is 19.3 Å². The number of ether oxygens (including phenoxy) is 2. The van der Waals surface area contributed by atoms with Gasteiger partial charge in [-0.2, -0.15) is 0 Å². The van der Waals surface area contributed by atoms with Crippen molar-refractivity contribution in [2.75, 3.05) is 0 Å². The fourth-order valence-corrected chi connectivity index (χ4v) is 2.33. The van der Waals surface area contributed by atoms with E-state index in [4.69, 9.17) is 9.47 Å². The monoisotopic (exact) mass is 244 g/mol. The minimum absolute atomic E-state index is 0.0799. The number of rotatable bonds is 7. The van der Waals surface area contributed by atoms with Crippen LogP contribution in [0.25, 0.3) is 0 Å². The molecule has 1 rings (SSSR count). The molecule has 0 aliphatic carbocycles. The Morgan fingerprint density at radius 1 is 1.00 bits per heavy atom. The number of aliphatic hydroxyl groups excluding tert-OH is 1.